The minimum atomic E-state index is -2.75. The zero-order valence-electron chi connectivity index (χ0n) is 25.2. The average Bonchev–Trinajstić information content (AvgIpc) is 3.50. The third-order valence-corrected chi connectivity index (χ3v) is 12.5. The molecule has 0 spiro atoms. The molecule has 7 rings (SSSR count). The second-order valence-electron chi connectivity index (χ2n) is 10.6. The first-order chi connectivity index (χ1) is 22.7. The summed E-state index contributed by atoms with van der Waals surface area (Å²) in [5, 5.41) is 13.5. The van der Waals surface area contributed by atoms with Crippen LogP contribution in [0, 0.1) is 0 Å². The van der Waals surface area contributed by atoms with Gasteiger partial charge in [-0.2, -0.15) is 0 Å². The fourth-order valence-corrected chi connectivity index (χ4v) is 10.4. The highest BCUT2D eigenvalue weighted by molar-refractivity contribution is 7.87. The van der Waals surface area contributed by atoms with Crippen LogP contribution in [0.1, 0.15) is 16.6 Å². The molecule has 0 saturated carbocycles. The summed E-state index contributed by atoms with van der Waals surface area (Å²) in [5.74, 6) is -0.420. The molecule has 0 aliphatic heterocycles. The van der Waals surface area contributed by atoms with Crippen molar-refractivity contribution in [3.05, 3.63) is 157 Å². The molecule has 224 valence electrons. The molecule has 7 heteroatoms. The van der Waals surface area contributed by atoms with Gasteiger partial charge in [-0.25, -0.2) is 4.79 Å². The fourth-order valence-electron chi connectivity index (χ4n) is 5.79. The fraction of sp³-hybridized carbons (Fsp3) is 0.0513. The van der Waals surface area contributed by atoms with Gasteiger partial charge in [-0.15, -0.1) is 21.5 Å². The Morgan fingerprint density at radius 2 is 1.11 bits per heavy atom. The van der Waals surface area contributed by atoms with E-state index < -0.39 is 13.0 Å². The molecule has 7 aromatic rings. The SMILES string of the molecule is CCOC(=O)c1sc2nnc(-c3ccccc3)c(-c3ccccc3)c2c1N=P(c1ccccc1)(c1ccccc1)c1ccccc1. The lowest BCUT2D eigenvalue weighted by Crippen LogP contribution is -2.25. The number of benzene rings is 5. The molecule has 0 radical (unpaired) electrons. The highest BCUT2D eigenvalue weighted by Gasteiger charge is 2.32. The normalized spacial score (nSPS) is 11.3. The molecule has 0 atom stereocenters. The van der Waals surface area contributed by atoms with Crippen molar-refractivity contribution in [3.63, 3.8) is 0 Å². The molecule has 0 saturated heterocycles. The number of hydrogen-bond acceptors (Lipinski definition) is 6. The van der Waals surface area contributed by atoms with Gasteiger partial charge in [0.15, 0.2) is 0 Å². The van der Waals surface area contributed by atoms with Gasteiger partial charge in [0.1, 0.15) is 15.4 Å². The van der Waals surface area contributed by atoms with Gasteiger partial charge in [0.2, 0.25) is 0 Å². The second-order valence-corrected chi connectivity index (χ2v) is 14.6. The summed E-state index contributed by atoms with van der Waals surface area (Å²) in [6, 6.07) is 51.5. The van der Waals surface area contributed by atoms with Crippen LogP contribution in [0.3, 0.4) is 0 Å². The smallest absolute Gasteiger partial charge is 0.350 e. The predicted molar refractivity (Wildman–Crippen MR) is 191 cm³/mol. The molecule has 46 heavy (non-hydrogen) atoms. The standard InChI is InChI=1S/C39H30N3O2PS/c1-2-44-39(43)37-36(34-33(28-18-8-3-9-19-28)35(40-41-38(34)46-37)29-20-10-4-11-21-29)42-45(30-22-12-5-13-23-30,31-24-14-6-15-25-31)32-26-16-7-17-27-32/h3-27H,2H2,1H3. The van der Waals surface area contributed by atoms with E-state index in [1.54, 1.807) is 0 Å². The average molecular weight is 636 g/mol. The topological polar surface area (TPSA) is 64.4 Å². The highest BCUT2D eigenvalue weighted by atomic mass is 32.1. The van der Waals surface area contributed by atoms with E-state index in [9.17, 15) is 4.79 Å². The van der Waals surface area contributed by atoms with Gasteiger partial charge in [-0.05, 0) is 12.5 Å². The number of ether oxygens (including phenoxy) is 1. The lowest BCUT2D eigenvalue weighted by atomic mass is 9.96. The molecule has 2 aromatic heterocycles. The molecule has 0 aliphatic rings. The number of carbonyl (C=O) groups excluding carboxylic acids is 1. The monoisotopic (exact) mass is 635 g/mol. The number of hydrogen-bond donors (Lipinski definition) is 0. The molecular formula is C39H30N3O2PS. The summed E-state index contributed by atoms with van der Waals surface area (Å²) in [7, 11) is -2.75. The Morgan fingerprint density at radius 3 is 1.59 bits per heavy atom. The first-order valence-electron chi connectivity index (χ1n) is 15.1. The summed E-state index contributed by atoms with van der Waals surface area (Å²) in [4.78, 5) is 14.9. The summed E-state index contributed by atoms with van der Waals surface area (Å²) in [6.45, 7) is 2.06. The van der Waals surface area contributed by atoms with E-state index in [-0.39, 0.29) is 6.61 Å². The third-order valence-electron chi connectivity index (χ3n) is 7.80. The molecule has 0 aliphatic carbocycles. The van der Waals surface area contributed by atoms with Gasteiger partial charge in [0.25, 0.3) is 0 Å². The van der Waals surface area contributed by atoms with Crippen LogP contribution in [-0.4, -0.2) is 22.8 Å². The van der Waals surface area contributed by atoms with Gasteiger partial charge < -0.3 is 4.74 Å². The zero-order chi connectivity index (χ0) is 31.3. The molecule has 0 amide bonds. The van der Waals surface area contributed by atoms with Crippen LogP contribution in [0.25, 0.3) is 32.6 Å². The van der Waals surface area contributed by atoms with Crippen LogP contribution in [0.4, 0.5) is 5.69 Å². The van der Waals surface area contributed by atoms with Crippen LogP contribution in [-0.2, 0) is 4.74 Å². The summed E-state index contributed by atoms with van der Waals surface area (Å²) in [6.07, 6.45) is 0. The van der Waals surface area contributed by atoms with Crippen LogP contribution < -0.4 is 15.9 Å². The van der Waals surface area contributed by atoms with Crippen molar-refractivity contribution in [2.75, 3.05) is 6.61 Å². The number of nitrogens with zero attached hydrogens (tertiary/aromatic N) is 3. The molecular weight excluding hydrogens is 605 g/mol. The Hall–Kier alpha value is -5.16. The van der Waals surface area contributed by atoms with E-state index in [2.05, 4.69) is 84.9 Å². The number of esters is 1. The van der Waals surface area contributed by atoms with E-state index in [4.69, 9.17) is 19.7 Å². The van der Waals surface area contributed by atoms with Crippen molar-refractivity contribution >= 4 is 56.2 Å². The lowest BCUT2D eigenvalue weighted by Gasteiger charge is -2.27. The maximum Gasteiger partial charge on any atom is 0.350 e. The maximum absolute atomic E-state index is 13.8. The van der Waals surface area contributed by atoms with Gasteiger partial charge in [-0.3, -0.25) is 4.74 Å². The van der Waals surface area contributed by atoms with Gasteiger partial charge in [0, 0.05) is 32.4 Å². The Balaban J connectivity index is 1.71. The molecule has 5 nitrogen and oxygen atoms in total. The minimum absolute atomic E-state index is 0.245. The van der Waals surface area contributed by atoms with E-state index in [0.717, 1.165) is 43.7 Å². The highest BCUT2D eigenvalue weighted by Crippen LogP contribution is 2.54. The maximum atomic E-state index is 13.8. The number of carbonyl (C=O) groups is 1. The van der Waals surface area contributed by atoms with E-state index in [1.807, 2.05) is 73.7 Å². The van der Waals surface area contributed by atoms with Crippen molar-refractivity contribution in [2.45, 2.75) is 6.92 Å². The largest absolute Gasteiger partial charge is 0.462 e. The lowest BCUT2D eigenvalue weighted by molar-refractivity contribution is 0.0533. The van der Waals surface area contributed by atoms with E-state index in [1.165, 1.54) is 11.3 Å². The van der Waals surface area contributed by atoms with Crippen LogP contribution in [0.5, 0.6) is 0 Å². The summed E-state index contributed by atoms with van der Waals surface area (Å²) >= 11 is 1.29. The predicted octanol–water partition coefficient (Wildman–Crippen LogP) is 9.01. The third kappa shape index (κ3) is 5.36. The van der Waals surface area contributed by atoms with E-state index in [0.29, 0.717) is 15.4 Å². The number of aromatic nitrogens is 2. The van der Waals surface area contributed by atoms with Crippen molar-refractivity contribution < 1.29 is 9.53 Å². The summed E-state index contributed by atoms with van der Waals surface area (Å²) < 4.78 is 11.5. The van der Waals surface area contributed by atoms with Crippen molar-refractivity contribution in [3.8, 4) is 22.4 Å². The van der Waals surface area contributed by atoms with E-state index >= 15 is 0 Å². The first-order valence-corrected chi connectivity index (χ1v) is 17.7. The number of thiophene rings is 1. The van der Waals surface area contributed by atoms with Crippen molar-refractivity contribution in [1.82, 2.24) is 10.2 Å². The second kappa shape index (κ2) is 13.1. The zero-order valence-corrected chi connectivity index (χ0v) is 26.9. The molecule has 5 aromatic carbocycles. The van der Waals surface area contributed by atoms with Gasteiger partial charge >= 0.3 is 5.97 Å². The Labute approximate surface area is 272 Å². The Bertz CT molecular complexity index is 2070. The molecule has 0 unspecified atom stereocenters. The number of fused-ring (bicyclic) bond motifs is 1. The minimum Gasteiger partial charge on any atom is -0.462 e. The molecule has 0 N–H and O–H groups in total. The number of rotatable bonds is 8. The summed E-state index contributed by atoms with van der Waals surface area (Å²) in [5.41, 5.74) is 4.09. The molecule has 0 bridgehead atoms. The van der Waals surface area contributed by atoms with Gasteiger partial charge in [0.05, 0.1) is 19.3 Å². The van der Waals surface area contributed by atoms with Crippen molar-refractivity contribution in [1.29, 1.82) is 0 Å². The molecule has 2 heterocycles. The van der Waals surface area contributed by atoms with Crippen molar-refractivity contribution in [2.24, 2.45) is 4.74 Å². The Kier molecular flexibility index (Phi) is 8.39. The van der Waals surface area contributed by atoms with Crippen LogP contribution in [0.15, 0.2) is 156 Å². The van der Waals surface area contributed by atoms with Crippen LogP contribution in [0.2, 0.25) is 0 Å². The quantitative estimate of drug-likeness (QED) is 0.124. The molecule has 0 fully saturated rings. The first kappa shape index (κ1) is 29.5. The van der Waals surface area contributed by atoms with Gasteiger partial charge in [-0.1, -0.05) is 152 Å². The van der Waals surface area contributed by atoms with Crippen LogP contribution >= 0.6 is 18.4 Å². The Morgan fingerprint density at radius 1 is 0.652 bits per heavy atom.